The molecule has 0 aliphatic heterocycles. The van der Waals surface area contributed by atoms with Crippen LogP contribution in [0, 0.1) is 6.92 Å². The van der Waals surface area contributed by atoms with Crippen molar-refractivity contribution in [3.63, 3.8) is 0 Å². The molecule has 0 radical (unpaired) electrons. The van der Waals surface area contributed by atoms with Gasteiger partial charge in [0.05, 0.1) is 11.2 Å². The number of amides is 1. The van der Waals surface area contributed by atoms with Crippen molar-refractivity contribution in [2.75, 3.05) is 0 Å². The largest absolute Gasteiger partial charge is 0.506 e. The fraction of sp³-hybridized carbons (Fsp3) is 0.0556. The summed E-state index contributed by atoms with van der Waals surface area (Å²) in [6.07, 6.45) is 1.25. The monoisotopic (exact) mass is 389 g/mol. The summed E-state index contributed by atoms with van der Waals surface area (Å²) in [5.41, 5.74) is 4.10. The molecule has 0 fully saturated rings. The number of carbonyl (C=O) groups excluding carboxylic acids is 1. The van der Waals surface area contributed by atoms with Crippen molar-refractivity contribution in [3.8, 4) is 17.0 Å². The highest BCUT2D eigenvalue weighted by molar-refractivity contribution is 6.36. The molecule has 2 N–H and O–H groups in total. The highest BCUT2D eigenvalue weighted by atomic mass is 35.5. The van der Waals surface area contributed by atoms with E-state index < -0.39 is 5.91 Å². The minimum atomic E-state index is -0.494. The minimum absolute atomic E-state index is 0.0894. The molecule has 132 valence electrons. The van der Waals surface area contributed by atoms with E-state index in [1.807, 2.05) is 30.3 Å². The number of aryl methyl sites for hydroxylation is 1. The molecule has 8 heteroatoms. The van der Waals surface area contributed by atoms with E-state index in [0.717, 1.165) is 5.56 Å². The van der Waals surface area contributed by atoms with Gasteiger partial charge in [0.1, 0.15) is 22.8 Å². The van der Waals surface area contributed by atoms with E-state index in [1.165, 1.54) is 18.3 Å². The second-order valence-electron chi connectivity index (χ2n) is 5.35. The van der Waals surface area contributed by atoms with Crippen molar-refractivity contribution in [3.05, 3.63) is 69.4 Å². The molecule has 26 heavy (non-hydrogen) atoms. The Balaban J connectivity index is 1.83. The van der Waals surface area contributed by atoms with Gasteiger partial charge >= 0.3 is 0 Å². The smallest absolute Gasteiger partial charge is 0.277 e. The highest BCUT2D eigenvalue weighted by Crippen LogP contribution is 2.30. The Bertz CT molecular complexity index is 985. The third kappa shape index (κ3) is 3.71. The maximum absolute atomic E-state index is 12.5. The normalized spacial score (nSPS) is 11.0. The van der Waals surface area contributed by atoms with Gasteiger partial charge in [-0.15, -0.1) is 0 Å². The van der Waals surface area contributed by atoms with Gasteiger partial charge in [0.25, 0.3) is 5.91 Å². The number of carbonyl (C=O) groups is 1. The number of nitrogens with one attached hydrogen (secondary N) is 1. The van der Waals surface area contributed by atoms with Gasteiger partial charge in [-0.1, -0.05) is 58.7 Å². The summed E-state index contributed by atoms with van der Waals surface area (Å²) in [6, 6.07) is 12.1. The first kappa shape index (κ1) is 18.0. The SMILES string of the molecule is Cc1onc(-c2ccccc2)c1C(=O)N/N=C\c1cc(Cl)cc(Cl)c1O. The molecule has 0 atom stereocenters. The Morgan fingerprint density at radius 3 is 2.73 bits per heavy atom. The number of rotatable bonds is 4. The van der Waals surface area contributed by atoms with Crippen LogP contribution in [-0.2, 0) is 0 Å². The van der Waals surface area contributed by atoms with Gasteiger partial charge < -0.3 is 9.63 Å². The molecule has 0 aliphatic rings. The van der Waals surface area contributed by atoms with Crippen LogP contribution in [0.25, 0.3) is 11.3 Å². The maximum atomic E-state index is 12.5. The lowest BCUT2D eigenvalue weighted by Crippen LogP contribution is -2.18. The van der Waals surface area contributed by atoms with E-state index in [1.54, 1.807) is 6.92 Å². The van der Waals surface area contributed by atoms with Gasteiger partial charge in [-0.3, -0.25) is 4.79 Å². The summed E-state index contributed by atoms with van der Waals surface area (Å²) in [7, 11) is 0. The zero-order chi connectivity index (χ0) is 18.7. The molecule has 0 unspecified atom stereocenters. The predicted molar refractivity (Wildman–Crippen MR) is 99.9 cm³/mol. The molecule has 2 aromatic carbocycles. The summed E-state index contributed by atoms with van der Waals surface area (Å²) >= 11 is 11.7. The Labute approximate surface area is 159 Å². The summed E-state index contributed by atoms with van der Waals surface area (Å²) in [6.45, 7) is 1.64. The lowest BCUT2D eigenvalue weighted by molar-refractivity contribution is 0.0954. The van der Waals surface area contributed by atoms with Gasteiger partial charge in [-0.2, -0.15) is 5.10 Å². The second-order valence-corrected chi connectivity index (χ2v) is 6.20. The number of hydrazone groups is 1. The summed E-state index contributed by atoms with van der Waals surface area (Å²) in [5.74, 6) is -0.308. The number of aromatic nitrogens is 1. The number of benzene rings is 2. The topological polar surface area (TPSA) is 87.7 Å². The lowest BCUT2D eigenvalue weighted by Gasteiger charge is -2.03. The average molecular weight is 390 g/mol. The van der Waals surface area contributed by atoms with Crippen LogP contribution in [0.1, 0.15) is 21.7 Å². The van der Waals surface area contributed by atoms with Crippen molar-refractivity contribution in [1.82, 2.24) is 10.6 Å². The fourth-order valence-electron chi connectivity index (χ4n) is 2.33. The summed E-state index contributed by atoms with van der Waals surface area (Å²) < 4.78 is 5.15. The molecule has 3 aromatic rings. The molecule has 0 saturated carbocycles. The number of phenolic OH excluding ortho intramolecular Hbond substituents is 1. The van der Waals surface area contributed by atoms with E-state index in [9.17, 15) is 9.90 Å². The number of hydrogen-bond donors (Lipinski definition) is 2. The van der Waals surface area contributed by atoms with Crippen LogP contribution in [0.15, 0.2) is 52.1 Å². The number of halogens is 2. The Hall–Kier alpha value is -2.83. The van der Waals surface area contributed by atoms with Gasteiger partial charge in [0, 0.05) is 16.1 Å². The molecule has 0 bridgehead atoms. The van der Waals surface area contributed by atoms with Crippen molar-refractivity contribution < 1.29 is 14.4 Å². The van der Waals surface area contributed by atoms with E-state index in [-0.39, 0.29) is 21.9 Å². The predicted octanol–water partition coefficient (Wildman–Crippen LogP) is 4.43. The summed E-state index contributed by atoms with van der Waals surface area (Å²) in [4.78, 5) is 12.5. The molecule has 1 heterocycles. The van der Waals surface area contributed by atoms with Gasteiger partial charge in [0.2, 0.25) is 0 Å². The first-order valence-corrected chi connectivity index (χ1v) is 8.26. The molecule has 6 nitrogen and oxygen atoms in total. The fourth-order valence-corrected chi connectivity index (χ4v) is 2.84. The van der Waals surface area contributed by atoms with Crippen LogP contribution in [0.4, 0.5) is 0 Å². The van der Waals surface area contributed by atoms with E-state index in [4.69, 9.17) is 27.7 Å². The Morgan fingerprint density at radius 1 is 1.27 bits per heavy atom. The van der Waals surface area contributed by atoms with E-state index in [2.05, 4.69) is 15.7 Å². The number of aromatic hydroxyl groups is 1. The molecule has 0 aliphatic carbocycles. The average Bonchev–Trinajstić information content (AvgIpc) is 3.01. The zero-order valence-corrected chi connectivity index (χ0v) is 15.0. The molecule has 0 spiro atoms. The molecule has 3 rings (SSSR count). The molecule has 0 saturated heterocycles. The van der Waals surface area contributed by atoms with Gasteiger partial charge in [-0.05, 0) is 19.1 Å². The molecular formula is C18H13Cl2N3O3. The van der Waals surface area contributed by atoms with Crippen LogP contribution in [0.5, 0.6) is 5.75 Å². The molecular weight excluding hydrogens is 377 g/mol. The van der Waals surface area contributed by atoms with E-state index >= 15 is 0 Å². The van der Waals surface area contributed by atoms with Gasteiger partial charge in [0.15, 0.2) is 0 Å². The third-order valence-electron chi connectivity index (χ3n) is 3.56. The molecule has 1 amide bonds. The van der Waals surface area contributed by atoms with Gasteiger partial charge in [-0.25, -0.2) is 5.43 Å². The highest BCUT2D eigenvalue weighted by Gasteiger charge is 2.21. The van der Waals surface area contributed by atoms with Crippen LogP contribution >= 0.6 is 23.2 Å². The van der Waals surface area contributed by atoms with Crippen LogP contribution < -0.4 is 5.43 Å². The van der Waals surface area contributed by atoms with Crippen LogP contribution in [0.3, 0.4) is 0 Å². The molecule has 1 aromatic heterocycles. The summed E-state index contributed by atoms with van der Waals surface area (Å²) in [5, 5.41) is 18.1. The van der Waals surface area contributed by atoms with Crippen molar-refractivity contribution >= 4 is 35.3 Å². The first-order chi connectivity index (χ1) is 12.5. The Kier molecular flexibility index (Phi) is 5.25. The quantitative estimate of drug-likeness (QED) is 0.510. The van der Waals surface area contributed by atoms with Crippen molar-refractivity contribution in [2.45, 2.75) is 6.92 Å². The van der Waals surface area contributed by atoms with E-state index in [0.29, 0.717) is 16.5 Å². The first-order valence-electron chi connectivity index (χ1n) is 7.50. The van der Waals surface area contributed by atoms with Crippen LogP contribution in [0.2, 0.25) is 10.0 Å². The third-order valence-corrected chi connectivity index (χ3v) is 4.07. The second kappa shape index (κ2) is 7.59. The maximum Gasteiger partial charge on any atom is 0.277 e. The lowest BCUT2D eigenvalue weighted by atomic mass is 10.1. The van der Waals surface area contributed by atoms with Crippen LogP contribution in [-0.4, -0.2) is 22.4 Å². The zero-order valence-electron chi connectivity index (χ0n) is 13.5. The van der Waals surface area contributed by atoms with Crippen molar-refractivity contribution in [2.24, 2.45) is 5.10 Å². The minimum Gasteiger partial charge on any atom is -0.506 e. The standard InChI is InChI=1S/C18H13Cl2N3O3/c1-10-15(16(23-26-10)11-5-3-2-4-6-11)18(25)22-21-9-12-7-13(19)8-14(20)17(12)24/h2-9,24H,1H3,(H,22,25)/b21-9-. The Morgan fingerprint density at radius 2 is 2.00 bits per heavy atom. The number of phenols is 1. The number of hydrogen-bond acceptors (Lipinski definition) is 5. The van der Waals surface area contributed by atoms with Crippen molar-refractivity contribution in [1.29, 1.82) is 0 Å². The number of nitrogens with zero attached hydrogens (tertiary/aromatic N) is 2.